The highest BCUT2D eigenvalue weighted by Crippen LogP contribution is 2.25. The van der Waals surface area contributed by atoms with E-state index >= 15 is 0 Å². The van der Waals surface area contributed by atoms with Crippen LogP contribution in [0, 0.1) is 0 Å². The van der Waals surface area contributed by atoms with Gasteiger partial charge in [0.05, 0.1) is 0 Å². The molecule has 5 heteroatoms. The minimum absolute atomic E-state index is 0.174. The molecule has 0 saturated heterocycles. The van der Waals surface area contributed by atoms with Gasteiger partial charge in [-0.25, -0.2) is 0 Å². The summed E-state index contributed by atoms with van der Waals surface area (Å²) in [6, 6.07) is 18.1. The number of amides is 1. The Balaban J connectivity index is 0.000000541. The lowest BCUT2D eigenvalue weighted by atomic mass is 9.86. The van der Waals surface area contributed by atoms with Crippen molar-refractivity contribution in [1.82, 2.24) is 0 Å². The lowest BCUT2D eigenvalue weighted by Gasteiger charge is -2.25. The monoisotopic (exact) mass is 301 g/mol. The van der Waals surface area contributed by atoms with E-state index in [1.54, 1.807) is 24.3 Å². The number of carbonyl (C=O) groups excluding carboxylic acids is 1. The van der Waals surface area contributed by atoms with E-state index in [9.17, 15) is 9.90 Å². The normalized spacial score (nSPS) is 12.5. The van der Waals surface area contributed by atoms with E-state index in [1.807, 2.05) is 36.4 Å². The van der Waals surface area contributed by atoms with Gasteiger partial charge in [-0.1, -0.05) is 60.7 Å². The van der Waals surface area contributed by atoms with Crippen LogP contribution < -0.4 is 5.73 Å². The van der Waals surface area contributed by atoms with Gasteiger partial charge < -0.3 is 15.9 Å². The van der Waals surface area contributed by atoms with Gasteiger partial charge in [-0.2, -0.15) is 0 Å². The number of hydrogen-bond donors (Lipinski definition) is 3. The van der Waals surface area contributed by atoms with Crippen molar-refractivity contribution in [1.29, 1.82) is 0 Å². The number of hydrogen-bond acceptors (Lipinski definition) is 3. The minimum Gasteiger partial charge on any atom is -0.481 e. The molecule has 0 radical (unpaired) electrons. The zero-order valence-electron chi connectivity index (χ0n) is 12.3. The summed E-state index contributed by atoms with van der Waals surface area (Å²) in [4.78, 5) is 20.6. The van der Waals surface area contributed by atoms with E-state index in [2.05, 4.69) is 0 Å². The molecule has 2 rings (SSSR count). The fraction of sp³-hybridized carbons (Fsp3) is 0.176. The van der Waals surface area contributed by atoms with Gasteiger partial charge in [0.1, 0.15) is 0 Å². The number of primary amides is 1. The van der Waals surface area contributed by atoms with Crippen molar-refractivity contribution in [2.24, 2.45) is 5.73 Å². The Bertz CT molecular complexity index is 609. The molecule has 0 spiro atoms. The van der Waals surface area contributed by atoms with Crippen LogP contribution in [0.5, 0.6) is 0 Å². The average Bonchev–Trinajstić information content (AvgIpc) is 2.48. The number of aliphatic carboxylic acids is 1. The zero-order valence-corrected chi connectivity index (χ0v) is 12.3. The second-order valence-electron chi connectivity index (χ2n) is 4.77. The van der Waals surface area contributed by atoms with Crippen LogP contribution in [0.4, 0.5) is 0 Å². The molecule has 0 saturated carbocycles. The van der Waals surface area contributed by atoms with Crippen LogP contribution in [0.3, 0.4) is 0 Å². The summed E-state index contributed by atoms with van der Waals surface area (Å²) in [5.41, 5.74) is 5.08. The van der Waals surface area contributed by atoms with Gasteiger partial charge in [-0.3, -0.25) is 9.59 Å². The summed E-state index contributed by atoms with van der Waals surface area (Å²) in [5, 5.41) is 18.0. The summed E-state index contributed by atoms with van der Waals surface area (Å²) >= 11 is 0. The molecule has 0 heterocycles. The van der Waals surface area contributed by atoms with E-state index in [1.165, 1.54) is 0 Å². The SMILES string of the molecule is CC(=O)O.NC(=O)C(O)(Cc1ccccc1)c1ccccc1. The second-order valence-corrected chi connectivity index (χ2v) is 4.77. The predicted octanol–water partition coefficient (Wildman–Crippen LogP) is 1.69. The molecule has 22 heavy (non-hydrogen) atoms. The quantitative estimate of drug-likeness (QED) is 0.800. The summed E-state index contributed by atoms with van der Waals surface area (Å²) in [6.45, 7) is 1.08. The first-order valence-corrected chi connectivity index (χ1v) is 6.67. The Hall–Kier alpha value is -2.66. The molecule has 0 bridgehead atoms. The maximum Gasteiger partial charge on any atom is 0.300 e. The van der Waals surface area contributed by atoms with Crippen molar-refractivity contribution in [3.63, 3.8) is 0 Å². The third kappa shape index (κ3) is 5.03. The summed E-state index contributed by atoms with van der Waals surface area (Å²) in [5.74, 6) is -1.57. The third-order valence-corrected chi connectivity index (χ3v) is 2.96. The molecule has 0 aliphatic carbocycles. The van der Waals surface area contributed by atoms with Gasteiger partial charge in [0.2, 0.25) is 0 Å². The Morgan fingerprint density at radius 1 is 1.00 bits per heavy atom. The molecule has 1 unspecified atom stereocenters. The number of aliphatic hydroxyl groups is 1. The number of carboxylic acids is 1. The molecular formula is C17H19NO4. The van der Waals surface area contributed by atoms with Crippen LogP contribution in [0.15, 0.2) is 60.7 Å². The van der Waals surface area contributed by atoms with Gasteiger partial charge >= 0.3 is 0 Å². The Morgan fingerprint density at radius 2 is 1.41 bits per heavy atom. The van der Waals surface area contributed by atoms with Crippen molar-refractivity contribution in [2.75, 3.05) is 0 Å². The molecule has 0 aliphatic rings. The fourth-order valence-electron chi connectivity index (χ4n) is 1.94. The van der Waals surface area contributed by atoms with Crippen molar-refractivity contribution in [2.45, 2.75) is 18.9 Å². The second kappa shape index (κ2) is 7.95. The topological polar surface area (TPSA) is 101 Å². The van der Waals surface area contributed by atoms with E-state index < -0.39 is 17.5 Å². The molecule has 1 amide bonds. The first-order valence-electron chi connectivity index (χ1n) is 6.67. The van der Waals surface area contributed by atoms with E-state index in [-0.39, 0.29) is 6.42 Å². The minimum atomic E-state index is -1.66. The molecular weight excluding hydrogens is 282 g/mol. The van der Waals surface area contributed by atoms with Gasteiger partial charge in [-0.05, 0) is 11.1 Å². The summed E-state index contributed by atoms with van der Waals surface area (Å²) in [6.07, 6.45) is 0.174. The molecule has 1 atom stereocenters. The maximum atomic E-state index is 11.6. The molecule has 2 aromatic carbocycles. The van der Waals surface area contributed by atoms with Crippen LogP contribution in [0.2, 0.25) is 0 Å². The first-order chi connectivity index (χ1) is 10.4. The van der Waals surface area contributed by atoms with Crippen LogP contribution in [-0.4, -0.2) is 22.1 Å². The Labute approximate surface area is 129 Å². The van der Waals surface area contributed by atoms with Gasteiger partial charge in [0.15, 0.2) is 5.60 Å². The van der Waals surface area contributed by atoms with Crippen LogP contribution in [-0.2, 0) is 21.6 Å². The lowest BCUT2D eigenvalue weighted by molar-refractivity contribution is -0.137. The number of carboxylic acid groups (broad SMARTS) is 1. The average molecular weight is 301 g/mol. The standard InChI is InChI=1S/C15H15NO2.C2H4O2/c16-14(17)15(18,13-9-5-2-6-10-13)11-12-7-3-1-4-8-12;1-2(3)4/h1-10,18H,11H2,(H2,16,17);1H3,(H,3,4). The number of nitrogens with two attached hydrogens (primary N) is 1. The Morgan fingerprint density at radius 3 is 1.82 bits per heavy atom. The highest BCUT2D eigenvalue weighted by molar-refractivity contribution is 5.85. The van der Waals surface area contributed by atoms with E-state index in [0.29, 0.717) is 5.56 Å². The highest BCUT2D eigenvalue weighted by Gasteiger charge is 2.35. The van der Waals surface area contributed by atoms with E-state index in [0.717, 1.165) is 12.5 Å². The smallest absolute Gasteiger partial charge is 0.300 e. The van der Waals surface area contributed by atoms with Crippen LogP contribution in [0.25, 0.3) is 0 Å². The molecule has 0 aromatic heterocycles. The van der Waals surface area contributed by atoms with Gasteiger partial charge in [0, 0.05) is 13.3 Å². The predicted molar refractivity (Wildman–Crippen MR) is 83.0 cm³/mol. The summed E-state index contributed by atoms with van der Waals surface area (Å²) in [7, 11) is 0. The van der Waals surface area contributed by atoms with Crippen molar-refractivity contribution in [3.05, 3.63) is 71.8 Å². The Kier molecular flexibility index (Phi) is 6.28. The maximum absolute atomic E-state index is 11.6. The fourth-order valence-corrected chi connectivity index (χ4v) is 1.94. The zero-order chi connectivity index (χ0) is 16.6. The van der Waals surface area contributed by atoms with Crippen molar-refractivity contribution in [3.8, 4) is 0 Å². The van der Waals surface area contributed by atoms with E-state index in [4.69, 9.17) is 15.6 Å². The molecule has 0 fully saturated rings. The third-order valence-electron chi connectivity index (χ3n) is 2.96. The van der Waals surface area contributed by atoms with Crippen LogP contribution in [0.1, 0.15) is 18.1 Å². The number of rotatable bonds is 4. The molecule has 2 aromatic rings. The summed E-state index contributed by atoms with van der Waals surface area (Å²) < 4.78 is 0. The highest BCUT2D eigenvalue weighted by atomic mass is 16.4. The van der Waals surface area contributed by atoms with Gasteiger partial charge in [0.25, 0.3) is 11.9 Å². The lowest BCUT2D eigenvalue weighted by Crippen LogP contribution is -2.43. The largest absolute Gasteiger partial charge is 0.481 e. The van der Waals surface area contributed by atoms with Crippen molar-refractivity contribution < 1.29 is 19.8 Å². The number of benzene rings is 2. The van der Waals surface area contributed by atoms with Crippen LogP contribution >= 0.6 is 0 Å². The molecule has 0 aliphatic heterocycles. The van der Waals surface area contributed by atoms with Crippen molar-refractivity contribution >= 4 is 11.9 Å². The molecule has 116 valence electrons. The molecule has 4 N–H and O–H groups in total. The molecule has 5 nitrogen and oxygen atoms in total. The van der Waals surface area contributed by atoms with Gasteiger partial charge in [-0.15, -0.1) is 0 Å². The first kappa shape index (κ1) is 17.4. The number of carbonyl (C=O) groups is 2.